The lowest BCUT2D eigenvalue weighted by atomic mass is 9.88. The standard InChI is InChI=1S/C11H19O/c1-4-7-10-11(12,8-5-2)9-6-3/h12H,5-10H2,2-3H3. The first-order valence-corrected chi connectivity index (χ1v) is 4.80. The van der Waals surface area contributed by atoms with E-state index >= 15 is 0 Å². The molecule has 0 saturated carbocycles. The summed E-state index contributed by atoms with van der Waals surface area (Å²) in [5.74, 6) is 2.33. The van der Waals surface area contributed by atoms with Gasteiger partial charge in [-0.15, -0.1) is 0 Å². The molecule has 1 N–H and O–H groups in total. The molecule has 0 saturated heterocycles. The second-order valence-corrected chi connectivity index (χ2v) is 3.40. The summed E-state index contributed by atoms with van der Waals surface area (Å²) in [6, 6.07) is 0. The molecule has 0 spiro atoms. The lowest BCUT2D eigenvalue weighted by Gasteiger charge is -2.26. The monoisotopic (exact) mass is 167 g/mol. The van der Waals surface area contributed by atoms with Crippen LogP contribution >= 0.6 is 0 Å². The van der Waals surface area contributed by atoms with Crippen LogP contribution in [0.4, 0.5) is 0 Å². The summed E-state index contributed by atoms with van der Waals surface area (Å²) in [4.78, 5) is 0. The highest BCUT2D eigenvalue weighted by molar-refractivity contribution is 4.84. The van der Waals surface area contributed by atoms with Gasteiger partial charge in [0.05, 0.1) is 5.60 Å². The predicted molar refractivity (Wildman–Crippen MR) is 51.1 cm³/mol. The summed E-state index contributed by atoms with van der Waals surface area (Å²) in [6.07, 6.45) is 11.8. The summed E-state index contributed by atoms with van der Waals surface area (Å²) < 4.78 is 0. The molecule has 0 amide bonds. The van der Waals surface area contributed by atoms with Crippen molar-refractivity contribution in [1.82, 2.24) is 0 Å². The van der Waals surface area contributed by atoms with E-state index in [4.69, 9.17) is 6.42 Å². The molecular weight excluding hydrogens is 148 g/mol. The first kappa shape index (κ1) is 11.5. The van der Waals surface area contributed by atoms with Crippen LogP contribution in [-0.2, 0) is 0 Å². The maximum Gasteiger partial charge on any atom is 0.0656 e. The van der Waals surface area contributed by atoms with Crippen LogP contribution in [0.2, 0.25) is 0 Å². The first-order chi connectivity index (χ1) is 5.68. The van der Waals surface area contributed by atoms with Crippen LogP contribution in [0.3, 0.4) is 0 Å². The summed E-state index contributed by atoms with van der Waals surface area (Å²) in [7, 11) is 0. The highest BCUT2D eigenvalue weighted by atomic mass is 16.3. The van der Waals surface area contributed by atoms with Gasteiger partial charge in [-0.05, 0) is 25.7 Å². The van der Waals surface area contributed by atoms with E-state index in [1.165, 1.54) is 0 Å². The molecule has 0 aromatic heterocycles. The maximum atomic E-state index is 10.0. The maximum absolute atomic E-state index is 10.0. The van der Waals surface area contributed by atoms with Crippen molar-refractivity contribution in [3.63, 3.8) is 0 Å². The van der Waals surface area contributed by atoms with Gasteiger partial charge < -0.3 is 5.11 Å². The Bertz CT molecular complexity index is 138. The molecule has 0 fully saturated rings. The van der Waals surface area contributed by atoms with Crippen LogP contribution in [0.25, 0.3) is 0 Å². The Kier molecular flexibility index (Phi) is 5.84. The Morgan fingerprint density at radius 1 is 1.17 bits per heavy atom. The molecule has 0 unspecified atom stereocenters. The van der Waals surface area contributed by atoms with Crippen LogP contribution in [0.1, 0.15) is 52.4 Å². The Labute approximate surface area is 76.2 Å². The van der Waals surface area contributed by atoms with Crippen molar-refractivity contribution in [2.75, 3.05) is 0 Å². The first-order valence-electron chi connectivity index (χ1n) is 4.80. The summed E-state index contributed by atoms with van der Waals surface area (Å²) >= 11 is 0. The van der Waals surface area contributed by atoms with Gasteiger partial charge in [0.25, 0.3) is 0 Å². The molecule has 0 aliphatic carbocycles. The average Bonchev–Trinajstić information content (AvgIpc) is 2.02. The molecule has 0 aliphatic rings. The third kappa shape index (κ3) is 4.41. The number of hydrogen-bond acceptors (Lipinski definition) is 1. The fourth-order valence-electron chi connectivity index (χ4n) is 1.60. The normalized spacial score (nSPS) is 11.2. The third-order valence-corrected chi connectivity index (χ3v) is 2.15. The van der Waals surface area contributed by atoms with Gasteiger partial charge in [0.2, 0.25) is 0 Å². The molecule has 1 heteroatoms. The van der Waals surface area contributed by atoms with Gasteiger partial charge in [0.1, 0.15) is 0 Å². The molecular formula is C11H19O. The van der Waals surface area contributed by atoms with Crippen molar-refractivity contribution in [2.24, 2.45) is 0 Å². The van der Waals surface area contributed by atoms with Gasteiger partial charge in [-0.3, -0.25) is 0 Å². The second-order valence-electron chi connectivity index (χ2n) is 3.40. The average molecular weight is 167 g/mol. The van der Waals surface area contributed by atoms with Gasteiger partial charge in [0.15, 0.2) is 0 Å². The van der Waals surface area contributed by atoms with E-state index in [2.05, 4.69) is 19.8 Å². The smallest absolute Gasteiger partial charge is 0.0656 e. The fourth-order valence-corrected chi connectivity index (χ4v) is 1.60. The van der Waals surface area contributed by atoms with Gasteiger partial charge >= 0.3 is 0 Å². The van der Waals surface area contributed by atoms with Crippen molar-refractivity contribution in [3.05, 3.63) is 6.42 Å². The highest BCUT2D eigenvalue weighted by Gasteiger charge is 2.23. The Morgan fingerprint density at radius 3 is 2.00 bits per heavy atom. The zero-order valence-corrected chi connectivity index (χ0v) is 8.19. The largest absolute Gasteiger partial charge is 0.390 e. The van der Waals surface area contributed by atoms with E-state index in [1.54, 1.807) is 0 Å². The third-order valence-electron chi connectivity index (χ3n) is 2.15. The minimum absolute atomic E-state index is 0.530. The summed E-state index contributed by atoms with van der Waals surface area (Å²) in [5.41, 5.74) is -0.530. The van der Waals surface area contributed by atoms with Crippen LogP contribution in [0.5, 0.6) is 0 Å². The molecule has 12 heavy (non-hydrogen) atoms. The van der Waals surface area contributed by atoms with Crippen LogP contribution in [0, 0.1) is 12.3 Å². The van der Waals surface area contributed by atoms with E-state index in [-0.39, 0.29) is 0 Å². The Morgan fingerprint density at radius 2 is 1.67 bits per heavy atom. The van der Waals surface area contributed by atoms with Crippen LogP contribution < -0.4 is 0 Å². The van der Waals surface area contributed by atoms with Crippen LogP contribution in [0.15, 0.2) is 0 Å². The van der Waals surface area contributed by atoms with Crippen molar-refractivity contribution >= 4 is 0 Å². The number of rotatable bonds is 6. The second kappa shape index (κ2) is 6.08. The molecule has 1 radical (unpaired) electrons. The lowest BCUT2D eigenvalue weighted by molar-refractivity contribution is 0.0143. The zero-order chi connectivity index (χ0) is 9.45. The summed E-state index contributed by atoms with van der Waals surface area (Å²) in [5, 5.41) is 10.0. The van der Waals surface area contributed by atoms with Gasteiger partial charge in [-0.1, -0.05) is 32.6 Å². The zero-order valence-electron chi connectivity index (χ0n) is 8.19. The molecule has 0 aromatic rings. The highest BCUT2D eigenvalue weighted by Crippen LogP contribution is 2.24. The molecule has 0 aromatic carbocycles. The number of hydrogen-bond donors (Lipinski definition) is 1. The minimum atomic E-state index is -0.530. The molecule has 0 aliphatic heterocycles. The van der Waals surface area contributed by atoms with Gasteiger partial charge in [-0.2, -0.15) is 0 Å². The van der Waals surface area contributed by atoms with E-state index in [0.717, 1.165) is 25.7 Å². The molecule has 0 heterocycles. The fraction of sp³-hybridized carbons (Fsp3) is 0.818. The van der Waals surface area contributed by atoms with Gasteiger partial charge in [-0.25, -0.2) is 0 Å². The predicted octanol–water partition coefficient (Wildman–Crippen LogP) is 2.69. The van der Waals surface area contributed by atoms with E-state index in [0.29, 0.717) is 12.8 Å². The Balaban J connectivity index is 3.90. The van der Waals surface area contributed by atoms with Gasteiger partial charge in [0, 0.05) is 6.42 Å². The molecule has 0 bridgehead atoms. The molecule has 1 nitrogen and oxygen atoms in total. The van der Waals surface area contributed by atoms with Crippen molar-refractivity contribution in [3.8, 4) is 5.92 Å². The lowest BCUT2D eigenvalue weighted by Crippen LogP contribution is -2.27. The van der Waals surface area contributed by atoms with E-state index < -0.39 is 5.60 Å². The van der Waals surface area contributed by atoms with Crippen molar-refractivity contribution < 1.29 is 5.11 Å². The minimum Gasteiger partial charge on any atom is -0.390 e. The quantitative estimate of drug-likeness (QED) is 0.603. The summed E-state index contributed by atoms with van der Waals surface area (Å²) in [6.45, 7) is 4.16. The Hall–Kier alpha value is -0.480. The van der Waals surface area contributed by atoms with E-state index in [9.17, 15) is 5.11 Å². The molecule has 0 atom stereocenters. The van der Waals surface area contributed by atoms with Crippen molar-refractivity contribution in [1.29, 1.82) is 0 Å². The molecule has 69 valence electrons. The number of aliphatic hydroxyl groups is 1. The topological polar surface area (TPSA) is 20.2 Å². The van der Waals surface area contributed by atoms with Crippen LogP contribution in [-0.4, -0.2) is 10.7 Å². The van der Waals surface area contributed by atoms with Crippen molar-refractivity contribution in [2.45, 2.75) is 58.0 Å². The molecule has 0 rings (SSSR count). The SMILES string of the molecule is [C]#CCCC(O)(CCC)CCC. The van der Waals surface area contributed by atoms with E-state index in [1.807, 2.05) is 0 Å².